The third kappa shape index (κ3) is 13.0. The molecule has 3 atom stereocenters. The predicted octanol–water partition coefficient (Wildman–Crippen LogP) is 1.83. The Hall–Kier alpha value is -4.33. The van der Waals surface area contributed by atoms with Crippen molar-refractivity contribution in [3.63, 3.8) is 0 Å². The van der Waals surface area contributed by atoms with Gasteiger partial charge in [0.2, 0.25) is 23.6 Å². The topological polar surface area (TPSA) is 209 Å². The molecule has 0 saturated carbocycles. The Balaban J connectivity index is 1.72. The maximum absolute atomic E-state index is 13.9. The van der Waals surface area contributed by atoms with Gasteiger partial charge in [-0.15, -0.1) is 0 Å². The van der Waals surface area contributed by atoms with E-state index in [9.17, 15) is 29.1 Å². The zero-order valence-corrected chi connectivity index (χ0v) is 31.2. The number of likely N-dealkylation sites (tertiary alicyclic amines) is 1. The minimum absolute atomic E-state index is 0.00836. The first-order valence-electron chi connectivity index (χ1n) is 18.4. The van der Waals surface area contributed by atoms with Crippen molar-refractivity contribution in [2.45, 2.75) is 102 Å². The summed E-state index contributed by atoms with van der Waals surface area (Å²) < 4.78 is 0. The van der Waals surface area contributed by atoms with Gasteiger partial charge < -0.3 is 42.7 Å². The van der Waals surface area contributed by atoms with Crippen LogP contribution in [0.5, 0.6) is 0 Å². The number of hydrogen-bond donors (Lipinski definition) is 7. The van der Waals surface area contributed by atoms with Gasteiger partial charge in [0.1, 0.15) is 23.7 Å². The second kappa shape index (κ2) is 20.1. The van der Waals surface area contributed by atoms with Gasteiger partial charge in [-0.3, -0.25) is 24.0 Å². The summed E-state index contributed by atoms with van der Waals surface area (Å²) in [7, 11) is 0. The van der Waals surface area contributed by atoms with Crippen LogP contribution in [0.4, 0.5) is 0 Å². The summed E-state index contributed by atoms with van der Waals surface area (Å²) in [6, 6.07) is 16.5. The fourth-order valence-corrected chi connectivity index (χ4v) is 6.34. The smallest absolute Gasteiger partial charge is 0.323 e. The lowest BCUT2D eigenvalue weighted by Crippen LogP contribution is -2.60. The van der Waals surface area contributed by atoms with Crippen LogP contribution in [0, 0.1) is 5.92 Å². The Bertz CT molecular complexity index is 1460. The number of rotatable bonds is 20. The first-order chi connectivity index (χ1) is 24.6. The summed E-state index contributed by atoms with van der Waals surface area (Å²) in [5.41, 5.74) is 12.1. The molecular weight excluding hydrogens is 662 g/mol. The number of carbonyl (C=O) groups excluding carboxylic acids is 4. The van der Waals surface area contributed by atoms with Gasteiger partial charge in [0, 0.05) is 31.5 Å². The van der Waals surface area contributed by atoms with Gasteiger partial charge in [0.25, 0.3) is 0 Å². The third-order valence-corrected chi connectivity index (χ3v) is 9.64. The highest BCUT2D eigenvalue weighted by molar-refractivity contribution is 5.94. The molecule has 1 heterocycles. The standard InChI is InChI=1S/C39H59N7O6/c1-27(2)23-31(34(48)44-30(17-11-12-20-40)36(50)46-21-18-39(41,19-22-46)37(51)52)45-35(49)32(24-28-13-7-5-8-14-28)43-33(47)25-42-26-38(3,4)29-15-9-6-10-16-29/h5-10,13-16,27,30-32,42H,11-12,17-26,40-41H2,1-4H3,(H,43,47)(H,44,48)(H,45,49)(H,51,52)/t30-,31-,32?/m1/s1. The molecule has 1 aliphatic rings. The highest BCUT2D eigenvalue weighted by atomic mass is 16.4. The van der Waals surface area contributed by atoms with Gasteiger partial charge in [-0.25, -0.2) is 0 Å². The van der Waals surface area contributed by atoms with Crippen LogP contribution in [0.1, 0.15) is 77.3 Å². The number of hydrogen-bond acceptors (Lipinski definition) is 8. The lowest BCUT2D eigenvalue weighted by molar-refractivity contribution is -0.148. The van der Waals surface area contributed by atoms with E-state index >= 15 is 0 Å². The average molecular weight is 722 g/mol. The normalized spacial score (nSPS) is 16.0. The first kappa shape index (κ1) is 42.1. The van der Waals surface area contributed by atoms with E-state index < -0.39 is 41.4 Å². The van der Waals surface area contributed by atoms with Crippen LogP contribution in [-0.4, -0.2) is 96.0 Å². The summed E-state index contributed by atoms with van der Waals surface area (Å²) in [4.78, 5) is 67.9. The van der Waals surface area contributed by atoms with Gasteiger partial charge >= 0.3 is 5.97 Å². The second-order valence-corrected chi connectivity index (χ2v) is 15.0. The summed E-state index contributed by atoms with van der Waals surface area (Å²) in [5.74, 6) is -2.82. The van der Waals surface area contributed by atoms with E-state index in [1.807, 2.05) is 74.5 Å². The minimum Gasteiger partial charge on any atom is -0.480 e. The summed E-state index contributed by atoms with van der Waals surface area (Å²) in [6.45, 7) is 9.28. The van der Waals surface area contributed by atoms with E-state index in [0.717, 1.165) is 11.1 Å². The monoisotopic (exact) mass is 721 g/mol. The number of unbranched alkanes of at least 4 members (excludes halogenated alkanes) is 1. The Morgan fingerprint density at radius 1 is 0.846 bits per heavy atom. The van der Waals surface area contributed by atoms with Crippen molar-refractivity contribution in [3.8, 4) is 0 Å². The van der Waals surface area contributed by atoms with Crippen molar-refractivity contribution in [3.05, 3.63) is 71.8 Å². The number of carboxylic acid groups (broad SMARTS) is 1. The molecule has 13 nitrogen and oxygen atoms in total. The van der Waals surface area contributed by atoms with Crippen molar-refractivity contribution in [1.29, 1.82) is 0 Å². The van der Waals surface area contributed by atoms with Gasteiger partial charge in [-0.1, -0.05) is 88.4 Å². The van der Waals surface area contributed by atoms with Crippen LogP contribution in [0.3, 0.4) is 0 Å². The van der Waals surface area contributed by atoms with Crippen LogP contribution in [0.15, 0.2) is 60.7 Å². The van der Waals surface area contributed by atoms with Gasteiger partial charge in [-0.2, -0.15) is 0 Å². The van der Waals surface area contributed by atoms with Crippen molar-refractivity contribution in [2.24, 2.45) is 17.4 Å². The molecule has 0 bridgehead atoms. The Morgan fingerprint density at radius 2 is 1.42 bits per heavy atom. The Kier molecular flexibility index (Phi) is 16.2. The zero-order valence-electron chi connectivity index (χ0n) is 31.2. The van der Waals surface area contributed by atoms with Crippen LogP contribution in [0.25, 0.3) is 0 Å². The van der Waals surface area contributed by atoms with Crippen LogP contribution < -0.4 is 32.7 Å². The molecule has 1 unspecified atom stereocenters. The Morgan fingerprint density at radius 3 is 2.00 bits per heavy atom. The van der Waals surface area contributed by atoms with E-state index in [2.05, 4.69) is 35.1 Å². The molecule has 0 aliphatic carbocycles. The van der Waals surface area contributed by atoms with Crippen LogP contribution in [0.2, 0.25) is 0 Å². The lowest BCUT2D eigenvalue weighted by Gasteiger charge is -2.38. The van der Waals surface area contributed by atoms with Crippen LogP contribution >= 0.6 is 0 Å². The molecule has 1 saturated heterocycles. The highest BCUT2D eigenvalue weighted by Crippen LogP contribution is 2.22. The number of nitrogens with two attached hydrogens (primary N) is 2. The number of nitrogens with zero attached hydrogens (tertiary/aromatic N) is 1. The van der Waals surface area contributed by atoms with Crippen molar-refractivity contribution < 1.29 is 29.1 Å². The van der Waals surface area contributed by atoms with Crippen molar-refractivity contribution in [2.75, 3.05) is 32.7 Å². The van der Waals surface area contributed by atoms with Crippen molar-refractivity contribution >= 4 is 29.6 Å². The maximum atomic E-state index is 13.9. The molecule has 286 valence electrons. The van der Waals surface area contributed by atoms with Gasteiger partial charge in [0.15, 0.2) is 0 Å². The predicted molar refractivity (Wildman–Crippen MR) is 201 cm³/mol. The molecule has 1 aliphatic heterocycles. The van der Waals surface area contributed by atoms with E-state index in [1.165, 1.54) is 4.90 Å². The summed E-state index contributed by atoms with van der Waals surface area (Å²) in [6.07, 6.45) is 2.25. The molecule has 0 spiro atoms. The number of nitrogens with one attached hydrogen (secondary N) is 4. The maximum Gasteiger partial charge on any atom is 0.323 e. The van der Waals surface area contributed by atoms with E-state index in [1.54, 1.807) is 0 Å². The molecule has 52 heavy (non-hydrogen) atoms. The zero-order chi connectivity index (χ0) is 38.3. The average Bonchev–Trinajstić information content (AvgIpc) is 3.11. The summed E-state index contributed by atoms with van der Waals surface area (Å²) in [5, 5.41) is 21.4. The first-order valence-corrected chi connectivity index (χ1v) is 18.4. The lowest BCUT2D eigenvalue weighted by atomic mass is 9.84. The molecule has 13 heteroatoms. The van der Waals surface area contributed by atoms with E-state index in [-0.39, 0.29) is 62.0 Å². The number of amides is 4. The SMILES string of the molecule is CC(C)C[C@@H](NC(=O)C(Cc1ccccc1)NC(=O)CNCC(C)(C)c1ccccc1)C(=O)N[C@H](CCCCN)C(=O)N1CCC(N)(C(=O)O)CC1. The molecular formula is C39H59N7O6. The summed E-state index contributed by atoms with van der Waals surface area (Å²) >= 11 is 0. The number of aliphatic carboxylic acids is 1. The molecule has 3 rings (SSSR count). The number of carbonyl (C=O) groups is 5. The molecule has 9 N–H and O–H groups in total. The fraction of sp³-hybridized carbons (Fsp3) is 0.564. The molecule has 0 aromatic heterocycles. The number of carboxylic acids is 1. The second-order valence-electron chi connectivity index (χ2n) is 15.0. The van der Waals surface area contributed by atoms with E-state index in [0.29, 0.717) is 38.8 Å². The van der Waals surface area contributed by atoms with Crippen molar-refractivity contribution in [1.82, 2.24) is 26.2 Å². The minimum atomic E-state index is -1.40. The molecule has 4 amide bonds. The molecule has 1 fully saturated rings. The molecule has 0 radical (unpaired) electrons. The highest BCUT2D eigenvalue weighted by Gasteiger charge is 2.40. The third-order valence-electron chi connectivity index (χ3n) is 9.64. The largest absolute Gasteiger partial charge is 0.480 e. The number of benzene rings is 2. The Labute approximate surface area is 308 Å². The fourth-order valence-electron chi connectivity index (χ4n) is 6.34. The molecule has 2 aromatic rings. The van der Waals surface area contributed by atoms with Gasteiger partial charge in [-0.05, 0) is 62.1 Å². The van der Waals surface area contributed by atoms with Gasteiger partial charge in [0.05, 0.1) is 6.54 Å². The van der Waals surface area contributed by atoms with E-state index in [4.69, 9.17) is 11.5 Å². The number of piperidine rings is 1. The quantitative estimate of drug-likeness (QED) is 0.0994. The molecule has 2 aromatic carbocycles. The van der Waals surface area contributed by atoms with Crippen LogP contribution in [-0.2, 0) is 35.8 Å².